The third-order valence-electron chi connectivity index (χ3n) is 6.72. The molecule has 2 aliphatic rings. The van der Waals surface area contributed by atoms with E-state index in [1.807, 2.05) is 54.5 Å². The zero-order chi connectivity index (χ0) is 22.5. The number of hydrogen-bond donors (Lipinski definition) is 0. The van der Waals surface area contributed by atoms with E-state index in [1.165, 1.54) is 0 Å². The van der Waals surface area contributed by atoms with Gasteiger partial charge >= 0.3 is 0 Å². The van der Waals surface area contributed by atoms with E-state index in [2.05, 4.69) is 16.0 Å². The largest absolute Gasteiger partial charge is 0.497 e. The maximum atomic E-state index is 13.2. The zero-order valence-electron chi connectivity index (χ0n) is 18.9. The Kier molecular flexibility index (Phi) is 7.05. The van der Waals surface area contributed by atoms with E-state index < -0.39 is 0 Å². The van der Waals surface area contributed by atoms with Crippen LogP contribution < -0.4 is 9.64 Å². The van der Waals surface area contributed by atoms with Gasteiger partial charge in [-0.15, -0.1) is 0 Å². The van der Waals surface area contributed by atoms with Crippen LogP contribution in [0.25, 0.3) is 0 Å². The van der Waals surface area contributed by atoms with Crippen LogP contribution in [0.5, 0.6) is 5.75 Å². The highest BCUT2D eigenvalue weighted by Gasteiger charge is 2.38. The van der Waals surface area contributed by atoms with Crippen molar-refractivity contribution in [3.63, 3.8) is 0 Å². The number of amides is 2. The molecule has 0 radical (unpaired) electrons. The summed E-state index contributed by atoms with van der Waals surface area (Å²) in [5, 5.41) is 0. The zero-order valence-corrected chi connectivity index (χ0v) is 18.9. The van der Waals surface area contributed by atoms with E-state index in [1.54, 1.807) is 12.0 Å². The Morgan fingerprint density at radius 3 is 2.56 bits per heavy atom. The fourth-order valence-corrected chi connectivity index (χ4v) is 4.70. The molecule has 2 aromatic rings. The summed E-state index contributed by atoms with van der Waals surface area (Å²) in [7, 11) is 3.52. The van der Waals surface area contributed by atoms with Crippen molar-refractivity contribution in [3.8, 4) is 5.75 Å². The molecule has 32 heavy (non-hydrogen) atoms. The summed E-state index contributed by atoms with van der Waals surface area (Å²) in [5.74, 6) is 0.559. The molecule has 1 unspecified atom stereocenters. The summed E-state index contributed by atoms with van der Waals surface area (Å²) in [4.78, 5) is 36.2. The molecule has 7 heteroatoms. The average Bonchev–Trinajstić information content (AvgIpc) is 3.24. The van der Waals surface area contributed by atoms with Crippen LogP contribution in [0.3, 0.4) is 0 Å². The van der Waals surface area contributed by atoms with Gasteiger partial charge in [0.25, 0.3) is 0 Å². The van der Waals surface area contributed by atoms with Crippen molar-refractivity contribution < 1.29 is 14.3 Å². The molecule has 0 aliphatic carbocycles. The Bertz CT molecular complexity index is 911. The minimum absolute atomic E-state index is 0.00579. The number of carbonyl (C=O) groups excluding carboxylic acids is 2. The van der Waals surface area contributed by atoms with Crippen LogP contribution in [0.15, 0.2) is 48.7 Å². The number of benzene rings is 1. The summed E-state index contributed by atoms with van der Waals surface area (Å²) in [5.41, 5.74) is 1.93. The molecule has 7 nitrogen and oxygen atoms in total. The van der Waals surface area contributed by atoms with Gasteiger partial charge in [-0.2, -0.15) is 0 Å². The SMILES string of the molecule is COc1ccc(N2CC(C(=O)N(C)C3CCN(CCc4ccccn4)CC3)CC2=O)cc1. The molecular formula is C25H32N4O3. The fourth-order valence-electron chi connectivity index (χ4n) is 4.70. The topological polar surface area (TPSA) is 66.0 Å². The molecule has 170 valence electrons. The van der Waals surface area contributed by atoms with Gasteiger partial charge in [0.1, 0.15) is 5.75 Å². The summed E-state index contributed by atoms with van der Waals surface area (Å²) < 4.78 is 5.19. The maximum absolute atomic E-state index is 13.2. The van der Waals surface area contributed by atoms with Crippen molar-refractivity contribution in [1.82, 2.24) is 14.8 Å². The molecule has 3 heterocycles. The highest BCUT2D eigenvalue weighted by molar-refractivity contribution is 6.00. The Labute approximate surface area is 190 Å². The van der Waals surface area contributed by atoms with Crippen molar-refractivity contribution in [3.05, 3.63) is 54.4 Å². The molecule has 0 N–H and O–H groups in total. The quantitative estimate of drug-likeness (QED) is 0.668. The molecule has 0 bridgehead atoms. The second-order valence-corrected chi connectivity index (χ2v) is 8.70. The Morgan fingerprint density at radius 2 is 1.91 bits per heavy atom. The van der Waals surface area contributed by atoms with Crippen molar-refractivity contribution in [2.75, 3.05) is 45.2 Å². The predicted octanol–water partition coefficient (Wildman–Crippen LogP) is 2.61. The van der Waals surface area contributed by atoms with Gasteiger partial charge in [-0.05, 0) is 49.2 Å². The van der Waals surface area contributed by atoms with Crippen LogP contribution in [0.4, 0.5) is 5.69 Å². The fraction of sp³-hybridized carbons (Fsp3) is 0.480. The number of likely N-dealkylation sites (tertiary alicyclic amines) is 1. The van der Waals surface area contributed by atoms with E-state index in [4.69, 9.17) is 4.74 Å². The summed E-state index contributed by atoms with van der Waals surface area (Å²) in [6.45, 7) is 3.40. The lowest BCUT2D eigenvalue weighted by atomic mass is 10.00. The van der Waals surface area contributed by atoms with Gasteiger partial charge in [-0.25, -0.2) is 0 Å². The van der Waals surface area contributed by atoms with Gasteiger partial charge in [0, 0.05) is 69.7 Å². The highest BCUT2D eigenvalue weighted by Crippen LogP contribution is 2.29. The lowest BCUT2D eigenvalue weighted by Crippen LogP contribution is -2.48. The first-order chi connectivity index (χ1) is 15.5. The van der Waals surface area contributed by atoms with Crippen LogP contribution in [0.1, 0.15) is 25.0 Å². The Hall–Kier alpha value is -2.93. The molecule has 2 aliphatic heterocycles. The normalized spacial score (nSPS) is 19.9. The number of anilines is 1. The second kappa shape index (κ2) is 10.1. The second-order valence-electron chi connectivity index (χ2n) is 8.70. The molecule has 1 aromatic heterocycles. The first-order valence-corrected chi connectivity index (χ1v) is 11.4. The highest BCUT2D eigenvalue weighted by atomic mass is 16.5. The standard InChI is InChI=1S/C25H32N4O3/c1-27(21-11-15-28(16-12-21)14-10-20-5-3-4-13-26-20)25(31)19-17-24(30)29(18-19)22-6-8-23(32-2)9-7-22/h3-9,13,19,21H,10-12,14-18H2,1-2H3. The monoisotopic (exact) mass is 436 g/mol. The predicted molar refractivity (Wildman–Crippen MR) is 124 cm³/mol. The minimum Gasteiger partial charge on any atom is -0.497 e. The van der Waals surface area contributed by atoms with E-state index in [9.17, 15) is 9.59 Å². The van der Waals surface area contributed by atoms with Gasteiger partial charge in [-0.1, -0.05) is 6.07 Å². The van der Waals surface area contributed by atoms with Gasteiger partial charge < -0.3 is 19.4 Å². The molecular weight excluding hydrogens is 404 g/mol. The van der Waals surface area contributed by atoms with E-state index in [0.717, 1.165) is 56.0 Å². The summed E-state index contributed by atoms with van der Waals surface area (Å²) >= 11 is 0. The number of hydrogen-bond acceptors (Lipinski definition) is 5. The first kappa shape index (κ1) is 22.3. The van der Waals surface area contributed by atoms with Gasteiger partial charge in [-0.3, -0.25) is 14.6 Å². The lowest BCUT2D eigenvalue weighted by Gasteiger charge is -2.37. The lowest BCUT2D eigenvalue weighted by molar-refractivity contribution is -0.137. The smallest absolute Gasteiger partial charge is 0.228 e. The average molecular weight is 437 g/mol. The molecule has 1 atom stereocenters. The van der Waals surface area contributed by atoms with Crippen LogP contribution in [-0.2, 0) is 16.0 Å². The van der Waals surface area contributed by atoms with Crippen LogP contribution in [-0.4, -0.2) is 73.0 Å². The van der Waals surface area contributed by atoms with Crippen molar-refractivity contribution in [1.29, 1.82) is 0 Å². The summed E-state index contributed by atoms with van der Waals surface area (Å²) in [6.07, 6.45) is 5.00. The molecule has 0 saturated carbocycles. The van der Waals surface area contributed by atoms with E-state index >= 15 is 0 Å². The van der Waals surface area contributed by atoms with Crippen LogP contribution in [0.2, 0.25) is 0 Å². The Balaban J connectivity index is 1.27. The molecule has 2 fully saturated rings. The molecule has 2 saturated heterocycles. The van der Waals surface area contributed by atoms with Gasteiger partial charge in [0.15, 0.2) is 0 Å². The third-order valence-corrected chi connectivity index (χ3v) is 6.72. The van der Waals surface area contributed by atoms with Crippen LogP contribution in [0, 0.1) is 5.92 Å². The maximum Gasteiger partial charge on any atom is 0.228 e. The third kappa shape index (κ3) is 5.10. The Morgan fingerprint density at radius 1 is 1.16 bits per heavy atom. The molecule has 2 amide bonds. The number of methoxy groups -OCH3 is 1. The molecule has 4 rings (SSSR count). The van der Waals surface area contributed by atoms with E-state index in [-0.39, 0.29) is 30.2 Å². The van der Waals surface area contributed by atoms with Crippen molar-refractivity contribution in [2.24, 2.45) is 5.92 Å². The first-order valence-electron chi connectivity index (χ1n) is 11.4. The van der Waals surface area contributed by atoms with Gasteiger partial charge in [0.2, 0.25) is 11.8 Å². The minimum atomic E-state index is -0.281. The van der Waals surface area contributed by atoms with Gasteiger partial charge in [0.05, 0.1) is 13.0 Å². The van der Waals surface area contributed by atoms with Crippen molar-refractivity contribution in [2.45, 2.75) is 31.7 Å². The number of ether oxygens (including phenoxy) is 1. The number of carbonyl (C=O) groups is 2. The number of aromatic nitrogens is 1. The number of rotatable bonds is 7. The van der Waals surface area contributed by atoms with Crippen LogP contribution >= 0.6 is 0 Å². The number of piperidine rings is 1. The summed E-state index contributed by atoms with van der Waals surface area (Å²) in [6, 6.07) is 13.7. The molecule has 1 aromatic carbocycles. The van der Waals surface area contributed by atoms with E-state index in [0.29, 0.717) is 6.54 Å². The molecule has 0 spiro atoms. The van der Waals surface area contributed by atoms with Crippen molar-refractivity contribution >= 4 is 17.5 Å². The number of pyridine rings is 1. The number of nitrogens with zero attached hydrogens (tertiary/aromatic N) is 4.